The Hall–Kier alpha value is -3.16. The van der Waals surface area contributed by atoms with Gasteiger partial charge in [0.25, 0.3) is 5.91 Å². The van der Waals surface area contributed by atoms with E-state index in [4.69, 9.17) is 4.84 Å². The van der Waals surface area contributed by atoms with Gasteiger partial charge in [0.05, 0.1) is 17.8 Å². The standard InChI is InChI=1S/C22H21F3N2O3/c1-3-4-8-19(28)30-26-20-17-11-14(2)9-10-18(17)27(21(20)29)13-15-6-5-7-16(12-15)22(23,24)25/h5-7,9-12H,3-4,8,13H2,1-2H3/b26-20-. The number of fused-ring (bicyclic) bond motifs is 1. The molecule has 0 spiro atoms. The Morgan fingerprint density at radius 2 is 1.93 bits per heavy atom. The van der Waals surface area contributed by atoms with Crippen LogP contribution in [0, 0.1) is 6.92 Å². The van der Waals surface area contributed by atoms with Crippen molar-refractivity contribution in [3.63, 3.8) is 0 Å². The lowest BCUT2D eigenvalue weighted by Gasteiger charge is -2.18. The van der Waals surface area contributed by atoms with Crippen molar-refractivity contribution >= 4 is 23.3 Å². The van der Waals surface area contributed by atoms with Gasteiger partial charge in [0.2, 0.25) is 0 Å². The highest BCUT2D eigenvalue weighted by molar-refractivity contribution is 6.54. The zero-order valence-corrected chi connectivity index (χ0v) is 16.6. The molecule has 1 heterocycles. The highest BCUT2D eigenvalue weighted by Crippen LogP contribution is 2.33. The molecule has 2 aromatic rings. The van der Waals surface area contributed by atoms with Crippen LogP contribution in [0.4, 0.5) is 18.9 Å². The lowest BCUT2D eigenvalue weighted by Crippen LogP contribution is -2.30. The minimum absolute atomic E-state index is 0.0366. The minimum atomic E-state index is -4.47. The molecule has 0 atom stereocenters. The van der Waals surface area contributed by atoms with Gasteiger partial charge in [-0.3, -0.25) is 4.79 Å². The first-order chi connectivity index (χ1) is 14.2. The molecule has 8 heteroatoms. The minimum Gasteiger partial charge on any atom is -0.317 e. The van der Waals surface area contributed by atoms with Crippen molar-refractivity contribution < 1.29 is 27.6 Å². The SMILES string of the molecule is CCCCC(=O)O/N=C1\C(=O)N(Cc2cccc(C(F)(F)F)c2)c2ccc(C)cc21. The number of nitrogens with zero attached hydrogens (tertiary/aromatic N) is 2. The Bertz CT molecular complexity index is 999. The maximum Gasteiger partial charge on any atom is 0.416 e. The average Bonchev–Trinajstić information content (AvgIpc) is 2.95. The molecule has 0 radical (unpaired) electrons. The molecule has 1 amide bonds. The van der Waals surface area contributed by atoms with Crippen molar-refractivity contribution in [2.45, 2.75) is 45.8 Å². The zero-order valence-electron chi connectivity index (χ0n) is 16.6. The van der Waals surface area contributed by atoms with Gasteiger partial charge < -0.3 is 9.74 Å². The van der Waals surface area contributed by atoms with Crippen LogP contribution in [-0.4, -0.2) is 17.6 Å². The number of oxime groups is 1. The number of hydrogen-bond donors (Lipinski definition) is 0. The number of rotatable bonds is 6. The fourth-order valence-corrected chi connectivity index (χ4v) is 3.16. The predicted molar refractivity (Wildman–Crippen MR) is 106 cm³/mol. The molecule has 0 saturated heterocycles. The molecule has 5 nitrogen and oxygen atoms in total. The summed E-state index contributed by atoms with van der Waals surface area (Å²) in [5, 5.41) is 3.78. The summed E-state index contributed by atoms with van der Waals surface area (Å²) >= 11 is 0. The van der Waals surface area contributed by atoms with E-state index >= 15 is 0 Å². The van der Waals surface area contributed by atoms with Crippen LogP contribution in [-0.2, 0) is 27.1 Å². The van der Waals surface area contributed by atoms with Crippen molar-refractivity contribution in [3.05, 3.63) is 64.7 Å². The molecule has 0 fully saturated rings. The van der Waals surface area contributed by atoms with Crippen LogP contribution < -0.4 is 4.90 Å². The predicted octanol–water partition coefficient (Wildman–Crippen LogP) is 5.00. The van der Waals surface area contributed by atoms with Crippen LogP contribution in [0.15, 0.2) is 47.6 Å². The summed E-state index contributed by atoms with van der Waals surface area (Å²) in [6.45, 7) is 3.71. The molecule has 30 heavy (non-hydrogen) atoms. The third kappa shape index (κ3) is 4.69. The molecule has 158 valence electrons. The van der Waals surface area contributed by atoms with Crippen LogP contribution >= 0.6 is 0 Å². The molecule has 3 rings (SSSR count). The van der Waals surface area contributed by atoms with E-state index in [0.29, 0.717) is 23.2 Å². The normalized spacial score (nSPS) is 14.9. The zero-order chi connectivity index (χ0) is 21.9. The van der Waals surface area contributed by atoms with Crippen LogP contribution in [0.2, 0.25) is 0 Å². The summed E-state index contributed by atoms with van der Waals surface area (Å²) in [4.78, 5) is 31.0. The Labute approximate surface area is 172 Å². The van der Waals surface area contributed by atoms with Crippen molar-refractivity contribution in [2.75, 3.05) is 4.90 Å². The molecule has 0 aromatic heterocycles. The number of carbonyl (C=O) groups excluding carboxylic acids is 2. The second-order valence-corrected chi connectivity index (χ2v) is 7.12. The van der Waals surface area contributed by atoms with Gasteiger partial charge in [-0.2, -0.15) is 13.2 Å². The largest absolute Gasteiger partial charge is 0.416 e. The topological polar surface area (TPSA) is 59.0 Å². The van der Waals surface area contributed by atoms with E-state index in [1.165, 1.54) is 17.0 Å². The first-order valence-electron chi connectivity index (χ1n) is 9.57. The Balaban J connectivity index is 1.90. The third-order valence-electron chi connectivity index (χ3n) is 4.71. The van der Waals surface area contributed by atoms with Gasteiger partial charge in [0.1, 0.15) is 0 Å². The summed E-state index contributed by atoms with van der Waals surface area (Å²) in [5.41, 5.74) is 1.36. The monoisotopic (exact) mass is 418 g/mol. The van der Waals surface area contributed by atoms with Crippen LogP contribution in [0.25, 0.3) is 0 Å². The summed E-state index contributed by atoms with van der Waals surface area (Å²) in [6, 6.07) is 10.1. The molecule has 1 aliphatic heterocycles. The van der Waals surface area contributed by atoms with Crippen LogP contribution in [0.1, 0.15) is 48.4 Å². The number of benzene rings is 2. The second-order valence-electron chi connectivity index (χ2n) is 7.12. The number of amides is 1. The maximum atomic E-state index is 13.0. The summed E-state index contributed by atoms with van der Waals surface area (Å²) in [7, 11) is 0. The molecule has 0 aliphatic carbocycles. The smallest absolute Gasteiger partial charge is 0.317 e. The van der Waals surface area contributed by atoms with Gasteiger partial charge in [-0.25, -0.2) is 4.79 Å². The Kier molecular flexibility index (Phi) is 6.24. The van der Waals surface area contributed by atoms with Crippen LogP contribution in [0.5, 0.6) is 0 Å². The highest BCUT2D eigenvalue weighted by atomic mass is 19.4. The lowest BCUT2D eigenvalue weighted by molar-refractivity contribution is -0.143. The summed E-state index contributed by atoms with van der Waals surface area (Å²) < 4.78 is 39.1. The number of aryl methyl sites for hydroxylation is 1. The fraction of sp³-hybridized carbons (Fsp3) is 0.318. The summed E-state index contributed by atoms with van der Waals surface area (Å²) in [6.07, 6.45) is -2.82. The Morgan fingerprint density at radius 1 is 1.17 bits per heavy atom. The van der Waals surface area contributed by atoms with E-state index in [-0.39, 0.29) is 18.7 Å². The molecule has 0 bridgehead atoms. The quantitative estimate of drug-likeness (QED) is 0.490. The van der Waals surface area contributed by atoms with Crippen molar-refractivity contribution in [1.29, 1.82) is 0 Å². The van der Waals surface area contributed by atoms with Gasteiger partial charge in [-0.05, 0) is 43.2 Å². The van der Waals surface area contributed by atoms with Gasteiger partial charge in [-0.1, -0.05) is 42.3 Å². The number of hydrogen-bond acceptors (Lipinski definition) is 4. The van der Waals surface area contributed by atoms with Gasteiger partial charge in [0, 0.05) is 12.0 Å². The second kappa shape index (κ2) is 8.69. The highest BCUT2D eigenvalue weighted by Gasteiger charge is 2.36. The van der Waals surface area contributed by atoms with E-state index in [2.05, 4.69) is 5.16 Å². The molecule has 2 aromatic carbocycles. The van der Waals surface area contributed by atoms with Crippen molar-refractivity contribution in [1.82, 2.24) is 0 Å². The van der Waals surface area contributed by atoms with Gasteiger partial charge in [-0.15, -0.1) is 0 Å². The molecular formula is C22H21F3N2O3. The van der Waals surface area contributed by atoms with E-state index < -0.39 is 23.6 Å². The first-order valence-corrected chi connectivity index (χ1v) is 9.57. The van der Waals surface area contributed by atoms with Gasteiger partial charge >= 0.3 is 12.1 Å². The average molecular weight is 418 g/mol. The van der Waals surface area contributed by atoms with Crippen molar-refractivity contribution in [3.8, 4) is 0 Å². The number of halogens is 3. The van der Waals surface area contributed by atoms with Crippen molar-refractivity contribution in [2.24, 2.45) is 5.16 Å². The molecule has 0 saturated carbocycles. The van der Waals surface area contributed by atoms with E-state index in [0.717, 1.165) is 24.1 Å². The van der Waals surface area contributed by atoms with Crippen LogP contribution in [0.3, 0.4) is 0 Å². The molecule has 0 unspecified atom stereocenters. The number of alkyl halides is 3. The molecular weight excluding hydrogens is 397 g/mol. The first kappa shape index (κ1) is 21.5. The number of unbranched alkanes of at least 4 members (excludes halogenated alkanes) is 1. The summed E-state index contributed by atoms with van der Waals surface area (Å²) in [5.74, 6) is -1.07. The third-order valence-corrected chi connectivity index (χ3v) is 4.71. The number of anilines is 1. The molecule has 1 aliphatic rings. The number of carbonyl (C=O) groups is 2. The van der Waals surface area contributed by atoms with E-state index in [1.807, 2.05) is 13.8 Å². The maximum absolute atomic E-state index is 13.0. The molecule has 0 N–H and O–H groups in total. The van der Waals surface area contributed by atoms with Gasteiger partial charge in [0.15, 0.2) is 5.71 Å². The Morgan fingerprint density at radius 3 is 2.63 bits per heavy atom. The lowest BCUT2D eigenvalue weighted by atomic mass is 10.1. The van der Waals surface area contributed by atoms with E-state index in [9.17, 15) is 22.8 Å². The van der Waals surface area contributed by atoms with E-state index in [1.54, 1.807) is 18.2 Å². The fourth-order valence-electron chi connectivity index (χ4n) is 3.16.